The highest BCUT2D eigenvalue weighted by Crippen LogP contribution is 2.48. The number of halogens is 1. The van der Waals surface area contributed by atoms with E-state index in [9.17, 15) is 19.2 Å². The Hall–Kier alpha value is -2.50. The summed E-state index contributed by atoms with van der Waals surface area (Å²) >= 11 is 0. The zero-order valence-corrected chi connectivity index (χ0v) is 19.4. The van der Waals surface area contributed by atoms with Gasteiger partial charge in [-0.1, -0.05) is 32.9 Å². The van der Waals surface area contributed by atoms with Gasteiger partial charge in [-0.2, -0.15) is 5.26 Å². The molecule has 1 aliphatic carbocycles. The number of hydrogen-bond acceptors (Lipinski definition) is 5. The second-order valence-corrected chi connectivity index (χ2v) is 11.2. The Kier molecular flexibility index (Phi) is 5.26. The lowest BCUT2D eigenvalue weighted by Gasteiger charge is -2.45. The zero-order chi connectivity index (χ0) is 23.7. The second kappa shape index (κ2) is 7.78. The van der Waals surface area contributed by atoms with Crippen LogP contribution in [-0.2, 0) is 9.59 Å². The molecule has 3 aliphatic heterocycles. The van der Waals surface area contributed by atoms with E-state index in [4.69, 9.17) is 5.73 Å². The van der Waals surface area contributed by atoms with Crippen LogP contribution in [0.5, 0.6) is 0 Å². The van der Waals surface area contributed by atoms with Crippen molar-refractivity contribution in [2.75, 3.05) is 13.1 Å². The number of benzene rings is 1. The average molecular weight is 454 g/mol. The number of nitriles is 1. The zero-order valence-electron chi connectivity index (χ0n) is 19.4. The molecule has 1 unspecified atom stereocenters. The SMILES string of the molecule is CC(C)(C)[C@@H](c1ccc(F)cc1)N1C(=O)[C@@H]2CC1CN2C[C@H](N)C(=O)N1[C@H](C#N)C[C@@H]2C[C@@H]21. The molecular formula is C25H32FN5O2. The predicted octanol–water partition coefficient (Wildman–Crippen LogP) is 2.04. The van der Waals surface area contributed by atoms with Gasteiger partial charge in [0.1, 0.15) is 11.9 Å². The third-order valence-corrected chi connectivity index (χ3v) is 7.85. The summed E-state index contributed by atoms with van der Waals surface area (Å²) in [4.78, 5) is 32.3. The minimum atomic E-state index is -0.740. The molecule has 8 heteroatoms. The topological polar surface area (TPSA) is 93.7 Å². The molecule has 33 heavy (non-hydrogen) atoms. The van der Waals surface area contributed by atoms with Gasteiger partial charge in [0.05, 0.1) is 24.2 Å². The van der Waals surface area contributed by atoms with Gasteiger partial charge in [-0.05, 0) is 48.3 Å². The van der Waals surface area contributed by atoms with E-state index in [1.54, 1.807) is 17.0 Å². The standard InChI is InChI=1S/C25H32FN5O2/c1-25(2,3)22(14-4-6-16(26)7-5-14)31-18-10-21(24(31)33)29(12-18)13-19(28)23(32)30-17(11-27)8-15-9-20(15)30/h4-7,15,17-22H,8-10,12-13,28H2,1-3H3/t15-,17+,18?,19+,20+,21+,22-/m1/s1. The number of amides is 2. The quantitative estimate of drug-likeness (QED) is 0.736. The first-order valence-electron chi connectivity index (χ1n) is 11.9. The molecular weight excluding hydrogens is 421 g/mol. The Morgan fingerprint density at radius 2 is 1.94 bits per heavy atom. The highest BCUT2D eigenvalue weighted by atomic mass is 19.1. The Morgan fingerprint density at radius 1 is 1.24 bits per heavy atom. The van der Waals surface area contributed by atoms with Crippen molar-refractivity contribution in [1.82, 2.24) is 14.7 Å². The van der Waals surface area contributed by atoms with Crippen molar-refractivity contribution in [3.8, 4) is 6.07 Å². The molecule has 4 fully saturated rings. The molecule has 3 saturated heterocycles. The van der Waals surface area contributed by atoms with Gasteiger partial charge in [0.15, 0.2) is 0 Å². The van der Waals surface area contributed by atoms with Gasteiger partial charge in [-0.25, -0.2) is 4.39 Å². The molecule has 2 N–H and O–H groups in total. The van der Waals surface area contributed by atoms with E-state index >= 15 is 0 Å². The molecule has 1 aromatic carbocycles. The first kappa shape index (κ1) is 22.3. The molecule has 4 aliphatic rings. The van der Waals surface area contributed by atoms with Crippen LogP contribution in [0.15, 0.2) is 24.3 Å². The number of hydrogen-bond donors (Lipinski definition) is 1. The fourth-order valence-corrected chi connectivity index (χ4v) is 6.36. The van der Waals surface area contributed by atoms with Crippen molar-refractivity contribution in [3.63, 3.8) is 0 Å². The van der Waals surface area contributed by atoms with E-state index in [1.165, 1.54) is 12.1 Å². The number of rotatable bonds is 5. The molecule has 2 bridgehead atoms. The van der Waals surface area contributed by atoms with Crippen molar-refractivity contribution < 1.29 is 14.0 Å². The average Bonchev–Trinajstić information content (AvgIpc) is 3.09. The number of piperidine rings is 1. The Morgan fingerprint density at radius 3 is 2.55 bits per heavy atom. The fourth-order valence-electron chi connectivity index (χ4n) is 6.36. The number of piperazine rings is 1. The number of carbonyl (C=O) groups excluding carboxylic acids is 2. The summed E-state index contributed by atoms with van der Waals surface area (Å²) < 4.78 is 13.5. The summed E-state index contributed by atoms with van der Waals surface area (Å²) in [6, 6.07) is 7.30. The van der Waals surface area contributed by atoms with Crippen LogP contribution in [0.25, 0.3) is 0 Å². The summed E-state index contributed by atoms with van der Waals surface area (Å²) in [6.45, 7) is 7.28. The maximum Gasteiger partial charge on any atom is 0.242 e. The normalized spacial score (nSPS) is 32.6. The number of nitrogens with two attached hydrogens (primary N) is 1. The highest BCUT2D eigenvalue weighted by Gasteiger charge is 2.56. The first-order chi connectivity index (χ1) is 15.6. The van der Waals surface area contributed by atoms with Crippen molar-refractivity contribution in [1.29, 1.82) is 5.26 Å². The Bertz CT molecular complexity index is 1000. The third-order valence-electron chi connectivity index (χ3n) is 7.85. The van der Waals surface area contributed by atoms with E-state index in [0.717, 1.165) is 18.4 Å². The predicted molar refractivity (Wildman–Crippen MR) is 120 cm³/mol. The monoisotopic (exact) mass is 453 g/mol. The summed E-state index contributed by atoms with van der Waals surface area (Å²) in [5.74, 6) is 0.0372. The number of likely N-dealkylation sites (tertiary alicyclic amines) is 3. The lowest BCUT2D eigenvalue weighted by atomic mass is 9.80. The molecule has 1 saturated carbocycles. The highest BCUT2D eigenvalue weighted by molar-refractivity contribution is 5.87. The van der Waals surface area contributed by atoms with Crippen LogP contribution in [0.3, 0.4) is 0 Å². The van der Waals surface area contributed by atoms with E-state index < -0.39 is 6.04 Å². The lowest BCUT2D eigenvalue weighted by molar-refractivity contribution is -0.143. The van der Waals surface area contributed by atoms with Crippen molar-refractivity contribution in [2.45, 2.75) is 76.3 Å². The van der Waals surface area contributed by atoms with Crippen LogP contribution in [0.1, 0.15) is 51.6 Å². The molecule has 5 rings (SSSR count). The molecule has 0 spiro atoms. The van der Waals surface area contributed by atoms with Crippen molar-refractivity contribution in [2.24, 2.45) is 17.1 Å². The number of carbonyl (C=O) groups is 2. The third kappa shape index (κ3) is 3.71. The molecule has 7 atom stereocenters. The van der Waals surface area contributed by atoms with Gasteiger partial charge in [0.25, 0.3) is 0 Å². The summed E-state index contributed by atoms with van der Waals surface area (Å²) in [5, 5.41) is 9.40. The molecule has 3 heterocycles. The van der Waals surface area contributed by atoms with Gasteiger partial charge in [0, 0.05) is 25.2 Å². The maximum atomic E-state index is 13.5. The van der Waals surface area contributed by atoms with Crippen molar-refractivity contribution >= 4 is 11.8 Å². The molecule has 176 valence electrons. The number of fused-ring (bicyclic) bond motifs is 3. The molecule has 0 aromatic heterocycles. The van der Waals surface area contributed by atoms with Gasteiger partial charge >= 0.3 is 0 Å². The minimum absolute atomic E-state index is 0.0329. The van der Waals surface area contributed by atoms with Crippen LogP contribution in [0, 0.1) is 28.5 Å². The van der Waals surface area contributed by atoms with Crippen LogP contribution in [0.4, 0.5) is 4.39 Å². The molecule has 1 aromatic rings. The molecule has 7 nitrogen and oxygen atoms in total. The second-order valence-electron chi connectivity index (χ2n) is 11.2. The van der Waals surface area contributed by atoms with Gasteiger partial charge in [-0.15, -0.1) is 0 Å². The molecule has 0 radical (unpaired) electrons. The maximum absolute atomic E-state index is 13.5. The Labute approximate surface area is 194 Å². The lowest BCUT2D eigenvalue weighted by Crippen LogP contribution is -2.58. The van der Waals surface area contributed by atoms with Crippen LogP contribution in [-0.4, -0.2) is 69.8 Å². The number of nitrogens with zero attached hydrogens (tertiary/aromatic N) is 4. The van der Waals surface area contributed by atoms with E-state index in [1.807, 2.05) is 9.80 Å². The van der Waals surface area contributed by atoms with Crippen LogP contribution < -0.4 is 5.73 Å². The van der Waals surface area contributed by atoms with Gasteiger partial charge in [0.2, 0.25) is 11.8 Å². The molecule has 2 amide bonds. The largest absolute Gasteiger partial charge is 0.329 e. The van der Waals surface area contributed by atoms with Crippen LogP contribution >= 0.6 is 0 Å². The van der Waals surface area contributed by atoms with E-state index in [2.05, 4.69) is 26.8 Å². The van der Waals surface area contributed by atoms with Crippen molar-refractivity contribution in [3.05, 3.63) is 35.6 Å². The van der Waals surface area contributed by atoms with Crippen LogP contribution in [0.2, 0.25) is 0 Å². The summed E-state index contributed by atoms with van der Waals surface area (Å²) in [5.41, 5.74) is 7.02. The van der Waals surface area contributed by atoms with E-state index in [0.29, 0.717) is 25.4 Å². The van der Waals surface area contributed by atoms with Gasteiger partial charge < -0.3 is 15.5 Å². The smallest absolute Gasteiger partial charge is 0.242 e. The summed E-state index contributed by atoms with van der Waals surface area (Å²) in [6.07, 6.45) is 2.43. The van der Waals surface area contributed by atoms with E-state index in [-0.39, 0.29) is 53.3 Å². The minimum Gasteiger partial charge on any atom is -0.329 e. The first-order valence-corrected chi connectivity index (χ1v) is 11.9. The fraction of sp³-hybridized carbons (Fsp3) is 0.640. The summed E-state index contributed by atoms with van der Waals surface area (Å²) in [7, 11) is 0. The Balaban J connectivity index is 1.29. The van der Waals surface area contributed by atoms with Gasteiger partial charge in [-0.3, -0.25) is 14.5 Å².